The Balaban J connectivity index is 1.33. The zero-order valence-electron chi connectivity index (χ0n) is 25.1. The maximum atomic E-state index is 13.6. The van der Waals surface area contributed by atoms with E-state index in [0.717, 1.165) is 71.4 Å². The van der Waals surface area contributed by atoms with Crippen LogP contribution < -0.4 is 10.6 Å². The number of anilines is 2. The highest BCUT2D eigenvalue weighted by molar-refractivity contribution is 6.06. The summed E-state index contributed by atoms with van der Waals surface area (Å²) < 4.78 is 1.78. The number of hydrogen-bond acceptors (Lipinski definition) is 7. The second-order valence-corrected chi connectivity index (χ2v) is 11.4. The van der Waals surface area contributed by atoms with Gasteiger partial charge in [0.25, 0.3) is 5.91 Å². The summed E-state index contributed by atoms with van der Waals surface area (Å²) in [7, 11) is 5.74. The Morgan fingerprint density at radius 1 is 1.10 bits per heavy atom. The Kier molecular flexibility index (Phi) is 8.40. The number of likely N-dealkylation sites (N-methyl/N-ethyl adjacent to an activating group) is 1. The molecule has 2 N–H and O–H groups in total. The first kappa shape index (κ1) is 28.7. The summed E-state index contributed by atoms with van der Waals surface area (Å²) in [6, 6.07) is 6.24. The van der Waals surface area contributed by atoms with Crippen LogP contribution in [0.1, 0.15) is 66.4 Å². The molecule has 1 aromatic carbocycles. The minimum absolute atomic E-state index is 0.126. The molecule has 0 unspecified atom stereocenters. The summed E-state index contributed by atoms with van der Waals surface area (Å²) in [6.45, 7) is 7.57. The van der Waals surface area contributed by atoms with Crippen molar-refractivity contribution in [2.45, 2.75) is 71.4 Å². The zero-order chi connectivity index (χ0) is 29.3. The second-order valence-electron chi connectivity index (χ2n) is 11.4. The highest BCUT2D eigenvalue weighted by Crippen LogP contribution is 2.35. The Labute approximate surface area is 242 Å². The molecule has 0 radical (unpaired) electrons. The van der Waals surface area contributed by atoms with Crippen LogP contribution in [0.5, 0.6) is 0 Å². The van der Waals surface area contributed by atoms with Crippen molar-refractivity contribution in [1.82, 2.24) is 29.5 Å². The number of benzene rings is 1. The Bertz CT molecular complexity index is 1420. The molecule has 1 aliphatic carbocycles. The smallest absolute Gasteiger partial charge is 0.276 e. The van der Waals surface area contributed by atoms with Crippen molar-refractivity contribution in [3.8, 4) is 11.4 Å². The van der Waals surface area contributed by atoms with Crippen molar-refractivity contribution in [2.75, 3.05) is 37.8 Å². The van der Waals surface area contributed by atoms with Gasteiger partial charge < -0.3 is 15.5 Å². The van der Waals surface area contributed by atoms with Crippen molar-refractivity contribution in [2.24, 2.45) is 7.05 Å². The molecule has 2 aliphatic rings. The fraction of sp³-hybridized carbons (Fsp3) is 0.516. The third-order valence-corrected chi connectivity index (χ3v) is 8.60. The number of para-hydroxylation sites is 1. The third kappa shape index (κ3) is 5.70. The highest BCUT2D eigenvalue weighted by atomic mass is 16.2. The number of aromatic nitrogens is 4. The van der Waals surface area contributed by atoms with Gasteiger partial charge >= 0.3 is 0 Å². The van der Waals surface area contributed by atoms with Crippen LogP contribution in [0.4, 0.5) is 11.6 Å². The molecule has 10 heteroatoms. The fourth-order valence-electron chi connectivity index (χ4n) is 5.89. The fourth-order valence-corrected chi connectivity index (χ4v) is 5.89. The number of likely N-dealkylation sites (tertiary alicyclic amines) is 1. The molecule has 1 saturated heterocycles. The average Bonchev–Trinajstić information content (AvgIpc) is 3.33. The second kappa shape index (κ2) is 12.0. The van der Waals surface area contributed by atoms with Gasteiger partial charge in [0.05, 0.1) is 17.4 Å². The van der Waals surface area contributed by atoms with Gasteiger partial charge in [-0.2, -0.15) is 5.10 Å². The van der Waals surface area contributed by atoms with E-state index in [1.54, 1.807) is 4.68 Å². The molecule has 3 heterocycles. The predicted molar refractivity (Wildman–Crippen MR) is 161 cm³/mol. The number of carbonyl (C=O) groups excluding carboxylic acids is 2. The minimum Gasteiger partial charge on any atom is -0.351 e. The number of hydrogen-bond donors (Lipinski definition) is 2. The first-order valence-electron chi connectivity index (χ1n) is 14.8. The quantitative estimate of drug-likeness (QED) is 0.434. The van der Waals surface area contributed by atoms with Gasteiger partial charge in [-0.05, 0) is 76.2 Å². The standard InChI is InChI=1S/C31H42N8O2/c1-7-20-10-9-11-21(8-2)25(20)34-29(40)27-24-13-12-22-18-32-31(35-26(22)28(24)38(6)36-27)33-23-14-16-39(17-15-23)30(41)19(3)37(4)5/h9-11,18-19,23H,7-8,12-17H2,1-6H3,(H,34,40)(H,32,33,35)/t19-/m0/s1. The summed E-state index contributed by atoms with van der Waals surface area (Å²) >= 11 is 0. The summed E-state index contributed by atoms with van der Waals surface area (Å²) in [4.78, 5) is 39.7. The normalized spacial score (nSPS) is 15.8. The number of nitrogens with zero attached hydrogens (tertiary/aromatic N) is 6. The van der Waals surface area contributed by atoms with E-state index in [0.29, 0.717) is 31.2 Å². The lowest BCUT2D eigenvalue weighted by molar-refractivity contribution is -0.136. The number of piperidine rings is 1. The van der Waals surface area contributed by atoms with Crippen LogP contribution >= 0.6 is 0 Å². The van der Waals surface area contributed by atoms with E-state index in [4.69, 9.17) is 4.98 Å². The summed E-state index contributed by atoms with van der Waals surface area (Å²) in [5, 5.41) is 11.4. The molecule has 2 amide bonds. The SMILES string of the molecule is CCc1cccc(CC)c1NC(=O)c1nn(C)c2c1CCc1cnc(NC3CCN(C(=O)[C@H](C)N(C)C)CC3)nc1-2. The van der Waals surface area contributed by atoms with E-state index < -0.39 is 0 Å². The van der Waals surface area contributed by atoms with E-state index in [-0.39, 0.29) is 23.9 Å². The topological polar surface area (TPSA) is 108 Å². The van der Waals surface area contributed by atoms with Gasteiger partial charge in [0.15, 0.2) is 5.69 Å². The van der Waals surface area contributed by atoms with E-state index in [1.165, 1.54) is 0 Å². The van der Waals surface area contributed by atoms with Gasteiger partial charge in [0, 0.05) is 43.6 Å². The molecular formula is C31H42N8O2. The molecule has 10 nitrogen and oxygen atoms in total. The minimum atomic E-state index is -0.182. The van der Waals surface area contributed by atoms with Crippen LogP contribution in [0, 0.1) is 0 Å². The van der Waals surface area contributed by atoms with E-state index in [9.17, 15) is 9.59 Å². The first-order valence-corrected chi connectivity index (χ1v) is 14.8. The predicted octanol–water partition coefficient (Wildman–Crippen LogP) is 3.71. The van der Waals surface area contributed by atoms with Crippen molar-refractivity contribution in [3.05, 3.63) is 52.3 Å². The molecule has 3 aromatic rings. The molecule has 218 valence electrons. The maximum absolute atomic E-state index is 13.6. The van der Waals surface area contributed by atoms with Crippen LogP contribution in [0.15, 0.2) is 24.4 Å². The van der Waals surface area contributed by atoms with E-state index >= 15 is 0 Å². The number of carbonyl (C=O) groups is 2. The van der Waals surface area contributed by atoms with Gasteiger partial charge in [-0.15, -0.1) is 0 Å². The largest absolute Gasteiger partial charge is 0.351 e. The van der Waals surface area contributed by atoms with Crippen LogP contribution in [-0.4, -0.2) is 80.6 Å². The van der Waals surface area contributed by atoms with E-state index in [2.05, 4.69) is 46.7 Å². The van der Waals surface area contributed by atoms with Crippen molar-refractivity contribution < 1.29 is 9.59 Å². The van der Waals surface area contributed by atoms with Gasteiger partial charge in [-0.25, -0.2) is 9.97 Å². The van der Waals surface area contributed by atoms with Crippen molar-refractivity contribution in [3.63, 3.8) is 0 Å². The monoisotopic (exact) mass is 558 g/mol. The lowest BCUT2D eigenvalue weighted by atomic mass is 9.93. The zero-order valence-corrected chi connectivity index (χ0v) is 25.1. The molecular weight excluding hydrogens is 516 g/mol. The average molecular weight is 559 g/mol. The Morgan fingerprint density at radius 2 is 1.78 bits per heavy atom. The third-order valence-electron chi connectivity index (χ3n) is 8.60. The lowest BCUT2D eigenvalue weighted by Crippen LogP contribution is -2.49. The molecule has 0 spiro atoms. The van der Waals surface area contributed by atoms with Crippen molar-refractivity contribution >= 4 is 23.5 Å². The van der Waals surface area contributed by atoms with Crippen LogP contribution in [0.2, 0.25) is 0 Å². The summed E-state index contributed by atoms with van der Waals surface area (Å²) in [5.41, 5.74) is 7.29. The van der Waals surface area contributed by atoms with Gasteiger partial charge in [0.1, 0.15) is 0 Å². The molecule has 1 atom stereocenters. The molecule has 5 rings (SSSR count). The molecule has 2 aromatic heterocycles. The highest BCUT2D eigenvalue weighted by Gasteiger charge is 2.31. The summed E-state index contributed by atoms with van der Waals surface area (Å²) in [6.07, 6.45) is 6.72. The summed E-state index contributed by atoms with van der Waals surface area (Å²) in [5.74, 6) is 0.559. The van der Waals surface area contributed by atoms with Crippen LogP contribution in [0.3, 0.4) is 0 Å². The van der Waals surface area contributed by atoms with E-state index in [1.807, 2.05) is 50.1 Å². The number of aryl methyl sites for hydroxylation is 4. The number of fused-ring (bicyclic) bond motifs is 3. The molecule has 1 fully saturated rings. The van der Waals surface area contributed by atoms with Crippen LogP contribution in [-0.2, 0) is 37.5 Å². The van der Waals surface area contributed by atoms with Crippen LogP contribution in [0.25, 0.3) is 11.4 Å². The lowest BCUT2D eigenvalue weighted by Gasteiger charge is -2.35. The maximum Gasteiger partial charge on any atom is 0.276 e. The number of amides is 2. The van der Waals surface area contributed by atoms with Gasteiger partial charge in [0.2, 0.25) is 11.9 Å². The molecule has 41 heavy (non-hydrogen) atoms. The first-order chi connectivity index (χ1) is 19.7. The Morgan fingerprint density at radius 3 is 2.41 bits per heavy atom. The Hall–Kier alpha value is -3.79. The number of rotatable bonds is 8. The van der Waals surface area contributed by atoms with Gasteiger partial charge in [-0.1, -0.05) is 32.0 Å². The molecule has 0 bridgehead atoms. The van der Waals surface area contributed by atoms with Crippen molar-refractivity contribution in [1.29, 1.82) is 0 Å². The molecule has 1 aliphatic heterocycles. The number of nitrogens with one attached hydrogen (secondary N) is 2. The molecule has 0 saturated carbocycles. The van der Waals surface area contributed by atoms with Gasteiger partial charge in [-0.3, -0.25) is 19.2 Å².